The molecule has 9 nitrogen and oxygen atoms in total. The lowest BCUT2D eigenvalue weighted by molar-refractivity contribution is -0.140. The van der Waals surface area contributed by atoms with Crippen LogP contribution in [0.5, 0.6) is 0 Å². The van der Waals surface area contributed by atoms with E-state index >= 15 is 0 Å². The number of furan rings is 1. The molecule has 3 rings (SSSR count). The number of hydrogen-bond acceptors (Lipinski definition) is 6. The maximum absolute atomic E-state index is 13.0. The van der Waals surface area contributed by atoms with Crippen LogP contribution in [0.4, 0.5) is 0 Å². The predicted molar refractivity (Wildman–Crippen MR) is 108 cm³/mol. The molecule has 1 saturated heterocycles. The second-order valence-corrected chi connectivity index (χ2v) is 8.79. The van der Waals surface area contributed by atoms with Crippen molar-refractivity contribution in [1.29, 1.82) is 0 Å². The first kappa shape index (κ1) is 22.0. The molecule has 2 N–H and O–H groups in total. The van der Waals surface area contributed by atoms with Gasteiger partial charge in [0.25, 0.3) is 0 Å². The molecule has 1 aliphatic rings. The van der Waals surface area contributed by atoms with E-state index in [1.807, 2.05) is 6.92 Å². The minimum atomic E-state index is -3.79. The van der Waals surface area contributed by atoms with Gasteiger partial charge in [0.15, 0.2) is 0 Å². The number of amides is 2. The van der Waals surface area contributed by atoms with Crippen molar-refractivity contribution in [3.63, 3.8) is 0 Å². The average molecular weight is 436 g/mol. The molecular weight excluding hydrogens is 410 g/mol. The topological polar surface area (TPSA) is 118 Å². The summed E-state index contributed by atoms with van der Waals surface area (Å²) in [5.41, 5.74) is 0.950. The maximum atomic E-state index is 13.0. The van der Waals surface area contributed by atoms with Gasteiger partial charge in [0.05, 0.1) is 24.3 Å². The summed E-state index contributed by atoms with van der Waals surface area (Å²) in [6, 6.07) is 10.0. The van der Waals surface area contributed by atoms with E-state index in [1.54, 1.807) is 36.4 Å². The monoisotopic (exact) mass is 435 g/mol. The third-order valence-corrected chi connectivity index (χ3v) is 6.57. The highest BCUT2D eigenvalue weighted by Gasteiger charge is 2.34. The molecule has 1 aromatic heterocycles. The van der Waals surface area contributed by atoms with E-state index in [1.165, 1.54) is 10.6 Å². The number of nitrogens with zero attached hydrogens (tertiary/aromatic N) is 1. The zero-order valence-corrected chi connectivity index (χ0v) is 17.5. The van der Waals surface area contributed by atoms with Gasteiger partial charge >= 0.3 is 11.8 Å². The Morgan fingerprint density at radius 2 is 1.87 bits per heavy atom. The predicted octanol–water partition coefficient (Wildman–Crippen LogP) is 0.800. The summed E-state index contributed by atoms with van der Waals surface area (Å²) in [4.78, 5) is 24.2. The van der Waals surface area contributed by atoms with E-state index in [9.17, 15) is 18.0 Å². The molecular formula is C20H25N3O6S. The van der Waals surface area contributed by atoms with Crippen LogP contribution in [0.2, 0.25) is 0 Å². The summed E-state index contributed by atoms with van der Waals surface area (Å²) >= 11 is 0. The lowest BCUT2D eigenvalue weighted by atomic mass is 10.2. The quantitative estimate of drug-likeness (QED) is 0.621. The van der Waals surface area contributed by atoms with Gasteiger partial charge in [0.1, 0.15) is 12.0 Å². The minimum Gasteiger partial charge on any atom is -0.469 e. The molecule has 30 heavy (non-hydrogen) atoms. The lowest BCUT2D eigenvalue weighted by Gasteiger charge is -2.34. The Morgan fingerprint density at radius 3 is 2.57 bits per heavy atom. The molecule has 2 aromatic rings. The van der Waals surface area contributed by atoms with Crippen LogP contribution in [0.3, 0.4) is 0 Å². The van der Waals surface area contributed by atoms with Crippen molar-refractivity contribution in [1.82, 2.24) is 14.9 Å². The number of ether oxygens (including phenoxy) is 1. The molecule has 2 heterocycles. The normalized spacial score (nSPS) is 17.4. The number of nitrogens with one attached hydrogen (secondary N) is 2. The van der Waals surface area contributed by atoms with E-state index in [4.69, 9.17) is 9.15 Å². The van der Waals surface area contributed by atoms with Gasteiger partial charge in [-0.25, -0.2) is 8.42 Å². The molecule has 1 aliphatic heterocycles. The Labute approximate surface area is 175 Å². The van der Waals surface area contributed by atoms with Crippen LogP contribution in [0.15, 0.2) is 52.0 Å². The summed E-state index contributed by atoms with van der Waals surface area (Å²) in [5, 5.41) is 4.95. The van der Waals surface area contributed by atoms with E-state index in [0.29, 0.717) is 25.2 Å². The second kappa shape index (κ2) is 9.88. The zero-order valence-electron chi connectivity index (χ0n) is 16.7. The van der Waals surface area contributed by atoms with Crippen molar-refractivity contribution >= 4 is 21.8 Å². The van der Waals surface area contributed by atoms with Crippen LogP contribution < -0.4 is 10.6 Å². The third kappa shape index (κ3) is 5.47. The van der Waals surface area contributed by atoms with Crippen LogP contribution in [0.1, 0.15) is 17.7 Å². The minimum absolute atomic E-state index is 0.129. The van der Waals surface area contributed by atoms with E-state index < -0.39 is 28.1 Å². The number of carbonyl (C=O) groups is 2. The van der Waals surface area contributed by atoms with Crippen molar-refractivity contribution < 1.29 is 27.2 Å². The third-order valence-electron chi connectivity index (χ3n) is 4.66. The van der Waals surface area contributed by atoms with Crippen LogP contribution in [-0.4, -0.2) is 57.0 Å². The Kier molecular flexibility index (Phi) is 7.24. The fraction of sp³-hybridized carbons (Fsp3) is 0.400. The van der Waals surface area contributed by atoms with E-state index in [-0.39, 0.29) is 24.5 Å². The lowest BCUT2D eigenvalue weighted by Crippen LogP contribution is -2.53. The van der Waals surface area contributed by atoms with Crippen LogP contribution in [0, 0.1) is 6.92 Å². The van der Waals surface area contributed by atoms with Crippen molar-refractivity contribution in [3.05, 3.63) is 54.0 Å². The molecule has 0 saturated carbocycles. The Morgan fingerprint density at radius 1 is 1.13 bits per heavy atom. The first-order valence-corrected chi connectivity index (χ1v) is 11.1. The first-order valence-electron chi connectivity index (χ1n) is 9.66. The fourth-order valence-electron chi connectivity index (χ4n) is 3.04. The van der Waals surface area contributed by atoms with Crippen LogP contribution >= 0.6 is 0 Å². The van der Waals surface area contributed by atoms with Gasteiger partial charge < -0.3 is 19.8 Å². The van der Waals surface area contributed by atoms with Crippen molar-refractivity contribution in [3.8, 4) is 0 Å². The maximum Gasteiger partial charge on any atom is 0.309 e. The summed E-state index contributed by atoms with van der Waals surface area (Å²) in [6.45, 7) is 2.63. The molecule has 162 valence electrons. The Balaban J connectivity index is 1.55. The molecule has 1 aromatic carbocycles. The van der Waals surface area contributed by atoms with Gasteiger partial charge in [-0.05, 0) is 37.6 Å². The van der Waals surface area contributed by atoms with Gasteiger partial charge in [-0.3, -0.25) is 9.59 Å². The fourth-order valence-corrected chi connectivity index (χ4v) is 4.61. The summed E-state index contributed by atoms with van der Waals surface area (Å²) in [6.07, 6.45) is 1.65. The number of rotatable bonds is 7. The Bertz CT molecular complexity index is 957. The van der Waals surface area contributed by atoms with Gasteiger partial charge in [0, 0.05) is 19.5 Å². The van der Waals surface area contributed by atoms with Crippen molar-refractivity contribution in [2.45, 2.75) is 30.9 Å². The number of carbonyl (C=O) groups excluding carboxylic acids is 2. The summed E-state index contributed by atoms with van der Waals surface area (Å²) in [5.74, 6) is -0.954. The number of hydrogen-bond donors (Lipinski definition) is 2. The number of sulfonamides is 1. The highest BCUT2D eigenvalue weighted by Crippen LogP contribution is 2.22. The highest BCUT2D eigenvalue weighted by molar-refractivity contribution is 7.89. The molecule has 1 fully saturated rings. The van der Waals surface area contributed by atoms with Crippen molar-refractivity contribution in [2.24, 2.45) is 0 Å². The van der Waals surface area contributed by atoms with Gasteiger partial charge in [-0.1, -0.05) is 17.7 Å². The van der Waals surface area contributed by atoms with E-state index in [0.717, 1.165) is 5.56 Å². The SMILES string of the molecule is Cc1ccc(S(=O)(=O)N2CCCO[C@H]2CNC(=O)C(=O)NCCc2ccco2)cc1. The smallest absolute Gasteiger partial charge is 0.309 e. The standard InChI is InChI=1S/C20H25N3O6S/c1-15-5-7-17(8-6-15)30(26,27)23-11-3-13-29-18(23)14-22-20(25)19(24)21-10-9-16-4-2-12-28-16/h2,4-8,12,18H,3,9-11,13-14H2,1H3,(H,21,24)(H,22,25)/t18-/m0/s1. The molecule has 10 heteroatoms. The first-order chi connectivity index (χ1) is 14.4. The molecule has 0 unspecified atom stereocenters. The molecule has 1 atom stereocenters. The van der Waals surface area contributed by atoms with Gasteiger partial charge in [0.2, 0.25) is 10.0 Å². The number of benzene rings is 1. The zero-order chi connectivity index (χ0) is 21.6. The largest absolute Gasteiger partial charge is 0.469 e. The molecule has 0 radical (unpaired) electrons. The molecule has 0 bridgehead atoms. The molecule has 2 amide bonds. The van der Waals surface area contributed by atoms with E-state index in [2.05, 4.69) is 10.6 Å². The van der Waals surface area contributed by atoms with Gasteiger partial charge in [-0.15, -0.1) is 0 Å². The Hall–Kier alpha value is -2.69. The van der Waals surface area contributed by atoms with Crippen molar-refractivity contribution in [2.75, 3.05) is 26.2 Å². The summed E-state index contributed by atoms with van der Waals surface area (Å²) in [7, 11) is -3.79. The highest BCUT2D eigenvalue weighted by atomic mass is 32.2. The second-order valence-electron chi connectivity index (χ2n) is 6.90. The van der Waals surface area contributed by atoms with Crippen LogP contribution in [0.25, 0.3) is 0 Å². The molecule has 0 aliphatic carbocycles. The molecule has 0 spiro atoms. The summed E-state index contributed by atoms with van der Waals surface area (Å²) < 4.78 is 37.9. The van der Waals surface area contributed by atoms with Crippen LogP contribution in [-0.2, 0) is 30.8 Å². The number of aryl methyl sites for hydroxylation is 1. The average Bonchev–Trinajstić information content (AvgIpc) is 3.26. The van der Waals surface area contributed by atoms with Gasteiger partial charge in [-0.2, -0.15) is 4.31 Å².